The summed E-state index contributed by atoms with van der Waals surface area (Å²) in [6.07, 6.45) is 3.23. The number of amides is 1. The van der Waals surface area contributed by atoms with Crippen molar-refractivity contribution in [3.63, 3.8) is 0 Å². The van der Waals surface area contributed by atoms with Crippen molar-refractivity contribution in [1.29, 1.82) is 0 Å². The first-order valence-electron chi connectivity index (χ1n) is 7.31. The molecule has 2 rings (SSSR count). The molecule has 0 fully saturated rings. The number of carboxylic acid groups (broad SMARTS) is 1. The molecule has 1 amide bonds. The van der Waals surface area contributed by atoms with E-state index in [0.717, 1.165) is 0 Å². The maximum absolute atomic E-state index is 10.7. The number of nitrogens with one attached hydrogen (secondary N) is 2. The molecule has 1 heterocycles. The number of aryl methyl sites for hydroxylation is 2. The van der Waals surface area contributed by atoms with Crippen LogP contribution in [0.4, 0.5) is 0 Å². The average Bonchev–Trinajstić information content (AvgIpc) is 2.97. The minimum Gasteiger partial charge on any atom is -0.480 e. The summed E-state index contributed by atoms with van der Waals surface area (Å²) in [6, 6.07) is 5.46. The number of nitrogens with zero attached hydrogens (tertiary/aromatic N) is 1. The zero-order valence-electron chi connectivity index (χ0n) is 13.9. The summed E-state index contributed by atoms with van der Waals surface area (Å²) in [5.41, 5.74) is 4.79. The highest BCUT2D eigenvalue weighted by Gasteiger charge is 2.19. The summed E-state index contributed by atoms with van der Waals surface area (Å²) in [5.74, 6) is -1.43. The van der Waals surface area contributed by atoms with Crippen LogP contribution in [0.25, 0.3) is 0 Å². The van der Waals surface area contributed by atoms with E-state index in [1.807, 2.05) is 0 Å². The molecule has 23 heavy (non-hydrogen) atoms. The summed E-state index contributed by atoms with van der Waals surface area (Å²) in [5, 5.41) is 11.1. The van der Waals surface area contributed by atoms with Crippen LogP contribution in [0.15, 0.2) is 30.7 Å². The molecule has 6 nitrogen and oxygen atoms in total. The van der Waals surface area contributed by atoms with E-state index in [9.17, 15) is 9.59 Å². The van der Waals surface area contributed by atoms with E-state index >= 15 is 0 Å². The van der Waals surface area contributed by atoms with Gasteiger partial charge in [0.2, 0.25) is 5.91 Å². The fraction of sp³-hybridized carbons (Fsp3) is 0.353. The second-order valence-corrected chi connectivity index (χ2v) is 5.37. The monoisotopic (exact) mass is 317 g/mol. The minimum atomic E-state index is -1.07. The number of rotatable bonds is 4. The molecular weight excluding hydrogens is 294 g/mol. The van der Waals surface area contributed by atoms with Crippen molar-refractivity contribution in [2.45, 2.75) is 40.2 Å². The zero-order chi connectivity index (χ0) is 17.4. The summed E-state index contributed by atoms with van der Waals surface area (Å²) in [7, 11) is 0. The van der Waals surface area contributed by atoms with E-state index < -0.39 is 12.0 Å². The predicted octanol–water partition coefficient (Wildman–Crippen LogP) is 2.15. The van der Waals surface area contributed by atoms with Gasteiger partial charge in [-0.3, -0.25) is 4.79 Å². The lowest BCUT2D eigenvalue weighted by molar-refractivity contribution is -0.141. The van der Waals surface area contributed by atoms with Gasteiger partial charge in [-0.1, -0.05) is 18.2 Å². The molecule has 0 saturated heterocycles. The van der Waals surface area contributed by atoms with Crippen LogP contribution in [0.2, 0.25) is 0 Å². The third-order valence-electron chi connectivity index (χ3n) is 3.52. The molecule has 0 radical (unpaired) electrons. The lowest BCUT2D eigenvalue weighted by atomic mass is 10.1. The van der Waals surface area contributed by atoms with Crippen LogP contribution in [0, 0.1) is 20.8 Å². The van der Waals surface area contributed by atoms with Crippen molar-refractivity contribution in [1.82, 2.24) is 15.3 Å². The number of hydrogen-bond acceptors (Lipinski definition) is 3. The Balaban J connectivity index is 0.000000253. The van der Waals surface area contributed by atoms with Crippen LogP contribution in [-0.4, -0.2) is 33.0 Å². The normalized spacial score (nSPS) is 11.1. The van der Waals surface area contributed by atoms with E-state index in [1.165, 1.54) is 29.9 Å². The highest BCUT2D eigenvalue weighted by Crippen LogP contribution is 2.09. The highest BCUT2D eigenvalue weighted by molar-refractivity contribution is 5.82. The number of H-pyrrole nitrogens is 1. The summed E-state index contributed by atoms with van der Waals surface area (Å²) in [6.45, 7) is 7.72. The van der Waals surface area contributed by atoms with E-state index in [0.29, 0.717) is 5.69 Å². The molecule has 0 aliphatic carbocycles. The molecule has 2 aromatic rings. The van der Waals surface area contributed by atoms with Gasteiger partial charge in [-0.25, -0.2) is 9.78 Å². The third-order valence-corrected chi connectivity index (χ3v) is 3.52. The van der Waals surface area contributed by atoms with Crippen LogP contribution in [0.3, 0.4) is 0 Å². The van der Waals surface area contributed by atoms with Gasteiger partial charge in [-0.2, -0.15) is 0 Å². The Morgan fingerprint density at radius 2 is 1.87 bits per heavy atom. The molecular formula is C17H23N3O3. The van der Waals surface area contributed by atoms with Crippen LogP contribution >= 0.6 is 0 Å². The smallest absolute Gasteiger partial charge is 0.326 e. The molecule has 1 atom stereocenters. The second-order valence-electron chi connectivity index (χ2n) is 5.37. The quantitative estimate of drug-likeness (QED) is 0.805. The third kappa shape index (κ3) is 6.34. The van der Waals surface area contributed by atoms with E-state index in [4.69, 9.17) is 5.11 Å². The Kier molecular flexibility index (Phi) is 6.99. The number of hydrogen-bond donors (Lipinski definition) is 3. The second kappa shape index (κ2) is 8.73. The molecule has 3 N–H and O–H groups in total. The minimum absolute atomic E-state index is 0.179. The summed E-state index contributed by atoms with van der Waals surface area (Å²) in [4.78, 5) is 28.0. The van der Waals surface area contributed by atoms with E-state index in [2.05, 4.69) is 54.3 Å². The first-order chi connectivity index (χ1) is 10.8. The molecule has 124 valence electrons. The van der Waals surface area contributed by atoms with Gasteiger partial charge in [-0.15, -0.1) is 0 Å². The van der Waals surface area contributed by atoms with Gasteiger partial charge in [0.25, 0.3) is 0 Å². The molecule has 6 heteroatoms. The molecule has 0 bridgehead atoms. The maximum Gasteiger partial charge on any atom is 0.326 e. The van der Waals surface area contributed by atoms with Gasteiger partial charge in [0.1, 0.15) is 6.04 Å². The van der Waals surface area contributed by atoms with Gasteiger partial charge in [0.15, 0.2) is 0 Å². The number of carbonyl (C=O) groups excluding carboxylic acids is 1. The molecule has 0 saturated carbocycles. The van der Waals surface area contributed by atoms with Gasteiger partial charge >= 0.3 is 5.97 Å². The van der Waals surface area contributed by atoms with Crippen molar-refractivity contribution in [3.05, 3.63) is 53.1 Å². The van der Waals surface area contributed by atoms with Gasteiger partial charge < -0.3 is 15.4 Å². The molecule has 1 aromatic heterocycles. The van der Waals surface area contributed by atoms with Crippen molar-refractivity contribution in [2.24, 2.45) is 0 Å². The Labute approximate surface area is 136 Å². The van der Waals surface area contributed by atoms with E-state index in [1.54, 1.807) is 6.20 Å². The maximum atomic E-state index is 10.7. The molecule has 0 spiro atoms. The first kappa shape index (κ1) is 18.4. The van der Waals surface area contributed by atoms with Crippen molar-refractivity contribution >= 4 is 11.9 Å². The largest absolute Gasteiger partial charge is 0.480 e. The molecule has 0 aliphatic rings. The van der Waals surface area contributed by atoms with E-state index in [-0.39, 0.29) is 12.3 Å². The number of aliphatic carboxylic acids is 1. The average molecular weight is 317 g/mol. The number of aromatic amines is 1. The number of imidazole rings is 1. The molecule has 1 aromatic carbocycles. The Hall–Kier alpha value is -2.63. The Bertz CT molecular complexity index is 631. The number of carbonyl (C=O) groups is 2. The predicted molar refractivity (Wildman–Crippen MR) is 88.2 cm³/mol. The van der Waals surface area contributed by atoms with Crippen LogP contribution in [0.5, 0.6) is 0 Å². The van der Waals surface area contributed by atoms with Crippen LogP contribution in [-0.2, 0) is 16.0 Å². The van der Waals surface area contributed by atoms with Crippen molar-refractivity contribution < 1.29 is 14.7 Å². The summed E-state index contributed by atoms with van der Waals surface area (Å²) >= 11 is 0. The lowest BCUT2D eigenvalue weighted by Crippen LogP contribution is -2.41. The summed E-state index contributed by atoms with van der Waals surface area (Å²) < 4.78 is 0. The Morgan fingerprint density at radius 3 is 2.26 bits per heavy atom. The SMILES string of the molecule is CC(=O)NC(Cc1c[nH]cn1)C(=O)O.Cc1cccc(C)c1C. The highest BCUT2D eigenvalue weighted by atomic mass is 16.4. The van der Waals surface area contributed by atoms with Crippen molar-refractivity contribution in [2.75, 3.05) is 0 Å². The van der Waals surface area contributed by atoms with Crippen molar-refractivity contribution in [3.8, 4) is 0 Å². The standard InChI is InChI=1S/C9H12.C8H11N3O3/c1-7-5-4-6-8(2)9(7)3;1-5(12)11-7(8(13)14)2-6-3-9-4-10-6/h4-6H,1-3H3;3-4,7H,2H2,1H3,(H,9,10)(H,11,12)(H,13,14). The van der Waals surface area contributed by atoms with Gasteiger partial charge in [-0.05, 0) is 37.5 Å². The van der Waals surface area contributed by atoms with Gasteiger partial charge in [0, 0.05) is 19.5 Å². The van der Waals surface area contributed by atoms with Gasteiger partial charge in [0.05, 0.1) is 12.0 Å². The zero-order valence-corrected chi connectivity index (χ0v) is 13.9. The fourth-order valence-corrected chi connectivity index (χ4v) is 1.95. The lowest BCUT2D eigenvalue weighted by Gasteiger charge is -2.10. The first-order valence-corrected chi connectivity index (χ1v) is 7.31. The number of carboxylic acids is 1. The molecule has 0 aliphatic heterocycles. The fourth-order valence-electron chi connectivity index (χ4n) is 1.95. The number of aromatic nitrogens is 2. The molecule has 1 unspecified atom stereocenters. The van der Waals surface area contributed by atoms with Crippen LogP contribution < -0.4 is 5.32 Å². The topological polar surface area (TPSA) is 95.1 Å². The number of benzene rings is 1. The van der Waals surface area contributed by atoms with Crippen LogP contribution in [0.1, 0.15) is 29.3 Å². The Morgan fingerprint density at radius 1 is 1.26 bits per heavy atom.